The molecule has 2 amide bonds. The standard InChI is InChI=1S/C11H23NO2.C10H21NO2/c1-4-7-10-14-11(13)12(8-5-2)9-6-3;1-5-7-11(8-6-2)10(12)13-9(3)4/h4-10H2,1-3H3;9H,5-8H2,1-4H3. The first-order valence-electron chi connectivity index (χ1n) is 10.7. The largest absolute Gasteiger partial charge is 0.449 e. The summed E-state index contributed by atoms with van der Waals surface area (Å²) in [6.45, 7) is 17.8. The molecular formula is C21H44N2O4. The van der Waals surface area contributed by atoms with Gasteiger partial charge in [0.05, 0.1) is 12.7 Å². The van der Waals surface area contributed by atoms with Crippen LogP contribution < -0.4 is 0 Å². The molecule has 6 heteroatoms. The first-order chi connectivity index (χ1) is 12.9. The summed E-state index contributed by atoms with van der Waals surface area (Å²) in [5, 5.41) is 0. The Kier molecular flexibility index (Phi) is 19.8. The molecule has 0 spiro atoms. The van der Waals surface area contributed by atoms with E-state index in [-0.39, 0.29) is 18.3 Å². The number of hydrogen-bond acceptors (Lipinski definition) is 4. The van der Waals surface area contributed by atoms with Crippen LogP contribution in [0.15, 0.2) is 0 Å². The van der Waals surface area contributed by atoms with Gasteiger partial charge in [0.15, 0.2) is 0 Å². The predicted molar refractivity (Wildman–Crippen MR) is 112 cm³/mol. The van der Waals surface area contributed by atoms with Gasteiger partial charge < -0.3 is 19.3 Å². The Balaban J connectivity index is 0. The summed E-state index contributed by atoms with van der Waals surface area (Å²) in [5.74, 6) is 0. The van der Waals surface area contributed by atoms with E-state index in [9.17, 15) is 9.59 Å². The molecule has 0 N–H and O–H groups in total. The van der Waals surface area contributed by atoms with Crippen LogP contribution in [0.1, 0.15) is 87.0 Å². The lowest BCUT2D eigenvalue weighted by Gasteiger charge is -2.22. The van der Waals surface area contributed by atoms with Crippen LogP contribution in [0.3, 0.4) is 0 Å². The molecule has 0 unspecified atom stereocenters. The van der Waals surface area contributed by atoms with Crippen molar-refractivity contribution in [1.82, 2.24) is 9.80 Å². The normalized spacial score (nSPS) is 10.1. The second-order valence-corrected chi connectivity index (χ2v) is 6.87. The molecule has 0 saturated carbocycles. The van der Waals surface area contributed by atoms with Crippen molar-refractivity contribution < 1.29 is 19.1 Å². The van der Waals surface area contributed by atoms with Crippen LogP contribution in [-0.2, 0) is 9.47 Å². The summed E-state index contributed by atoms with van der Waals surface area (Å²) in [4.78, 5) is 26.5. The van der Waals surface area contributed by atoms with Crippen molar-refractivity contribution in [3.63, 3.8) is 0 Å². The van der Waals surface area contributed by atoms with Gasteiger partial charge in [0.2, 0.25) is 0 Å². The molecule has 162 valence electrons. The molecule has 0 rings (SSSR count). The SMILES string of the molecule is CCCCOC(=O)N(CCC)CCC.CCCN(CCC)C(=O)OC(C)C. The lowest BCUT2D eigenvalue weighted by Crippen LogP contribution is -2.34. The molecule has 0 bridgehead atoms. The molecule has 27 heavy (non-hydrogen) atoms. The fourth-order valence-corrected chi connectivity index (χ4v) is 2.34. The third-order valence-corrected chi connectivity index (χ3v) is 3.55. The summed E-state index contributed by atoms with van der Waals surface area (Å²) in [6.07, 6.45) is 5.60. The first-order valence-corrected chi connectivity index (χ1v) is 10.7. The highest BCUT2D eigenvalue weighted by Gasteiger charge is 2.14. The Labute approximate surface area is 167 Å². The van der Waals surface area contributed by atoms with Crippen LogP contribution in [0.25, 0.3) is 0 Å². The number of carbonyl (C=O) groups is 2. The zero-order chi connectivity index (χ0) is 21.1. The van der Waals surface area contributed by atoms with E-state index in [4.69, 9.17) is 9.47 Å². The van der Waals surface area contributed by atoms with Crippen molar-refractivity contribution in [2.45, 2.75) is 93.1 Å². The minimum atomic E-state index is -0.182. The molecule has 6 nitrogen and oxygen atoms in total. The number of hydrogen-bond donors (Lipinski definition) is 0. The smallest absolute Gasteiger partial charge is 0.410 e. The van der Waals surface area contributed by atoms with Crippen LogP contribution >= 0.6 is 0 Å². The molecule has 0 aromatic rings. The van der Waals surface area contributed by atoms with Crippen molar-refractivity contribution in [3.8, 4) is 0 Å². The molecule has 0 aromatic heterocycles. The van der Waals surface area contributed by atoms with Crippen LogP contribution in [0.4, 0.5) is 9.59 Å². The quantitative estimate of drug-likeness (QED) is 0.402. The summed E-state index contributed by atoms with van der Waals surface area (Å²) < 4.78 is 10.2. The van der Waals surface area contributed by atoms with Crippen molar-refractivity contribution in [3.05, 3.63) is 0 Å². The van der Waals surface area contributed by atoms with Crippen molar-refractivity contribution in [2.75, 3.05) is 32.8 Å². The predicted octanol–water partition coefficient (Wildman–Crippen LogP) is 5.70. The Bertz CT molecular complexity index is 350. The number of amides is 2. The highest BCUT2D eigenvalue weighted by Crippen LogP contribution is 2.01. The Morgan fingerprint density at radius 2 is 1.11 bits per heavy atom. The summed E-state index contributed by atoms with van der Waals surface area (Å²) in [7, 11) is 0. The second-order valence-electron chi connectivity index (χ2n) is 6.87. The van der Waals surface area contributed by atoms with E-state index in [1.165, 1.54) is 0 Å². The Morgan fingerprint density at radius 3 is 1.44 bits per heavy atom. The maximum absolute atomic E-state index is 11.5. The molecule has 0 heterocycles. The average Bonchev–Trinajstić information content (AvgIpc) is 2.61. The number of ether oxygens (including phenoxy) is 2. The first kappa shape index (κ1) is 27.8. The van der Waals surface area contributed by atoms with Gasteiger partial charge in [-0.3, -0.25) is 0 Å². The minimum Gasteiger partial charge on any atom is -0.449 e. The lowest BCUT2D eigenvalue weighted by molar-refractivity contribution is 0.0767. The van der Waals surface area contributed by atoms with E-state index in [1.54, 1.807) is 9.80 Å². The fraction of sp³-hybridized carbons (Fsp3) is 0.905. The zero-order valence-corrected chi connectivity index (χ0v) is 18.9. The van der Waals surface area contributed by atoms with Crippen LogP contribution in [0.5, 0.6) is 0 Å². The minimum absolute atomic E-state index is 0.0243. The highest BCUT2D eigenvalue weighted by molar-refractivity contribution is 5.68. The topological polar surface area (TPSA) is 59.1 Å². The molecule has 0 aliphatic heterocycles. The van der Waals surface area contributed by atoms with Gasteiger partial charge in [-0.1, -0.05) is 41.0 Å². The fourth-order valence-electron chi connectivity index (χ4n) is 2.34. The highest BCUT2D eigenvalue weighted by atomic mass is 16.6. The second kappa shape index (κ2) is 19.3. The van der Waals surface area contributed by atoms with Crippen molar-refractivity contribution in [2.24, 2.45) is 0 Å². The number of rotatable bonds is 12. The van der Waals surface area contributed by atoms with E-state index in [0.29, 0.717) is 6.61 Å². The van der Waals surface area contributed by atoms with Gasteiger partial charge in [-0.2, -0.15) is 0 Å². The molecule has 0 aromatic carbocycles. The molecule has 0 aliphatic rings. The van der Waals surface area contributed by atoms with Gasteiger partial charge in [-0.05, 0) is 46.0 Å². The van der Waals surface area contributed by atoms with Gasteiger partial charge in [0.1, 0.15) is 0 Å². The molecule has 0 saturated heterocycles. The molecule has 0 fully saturated rings. The zero-order valence-electron chi connectivity index (χ0n) is 18.9. The number of nitrogens with zero attached hydrogens (tertiary/aromatic N) is 2. The summed E-state index contributed by atoms with van der Waals surface area (Å²) >= 11 is 0. The number of carbonyl (C=O) groups excluding carboxylic acids is 2. The lowest BCUT2D eigenvalue weighted by atomic mass is 10.3. The van der Waals surface area contributed by atoms with Gasteiger partial charge in [-0.25, -0.2) is 9.59 Å². The van der Waals surface area contributed by atoms with Gasteiger partial charge in [0, 0.05) is 26.2 Å². The van der Waals surface area contributed by atoms with Gasteiger partial charge in [-0.15, -0.1) is 0 Å². The van der Waals surface area contributed by atoms with Crippen LogP contribution in [0, 0.1) is 0 Å². The van der Waals surface area contributed by atoms with E-state index < -0.39 is 0 Å². The monoisotopic (exact) mass is 388 g/mol. The van der Waals surface area contributed by atoms with E-state index in [1.807, 2.05) is 13.8 Å². The summed E-state index contributed by atoms with van der Waals surface area (Å²) in [5.41, 5.74) is 0. The van der Waals surface area contributed by atoms with Crippen molar-refractivity contribution >= 4 is 12.2 Å². The number of unbranched alkanes of at least 4 members (excludes halogenated alkanes) is 1. The maximum atomic E-state index is 11.5. The van der Waals surface area contributed by atoms with Gasteiger partial charge in [0.25, 0.3) is 0 Å². The van der Waals surface area contributed by atoms with E-state index >= 15 is 0 Å². The molecule has 0 atom stereocenters. The van der Waals surface area contributed by atoms with Crippen molar-refractivity contribution in [1.29, 1.82) is 0 Å². The average molecular weight is 389 g/mol. The van der Waals surface area contributed by atoms with Crippen LogP contribution in [0.2, 0.25) is 0 Å². The Morgan fingerprint density at radius 1 is 0.704 bits per heavy atom. The Hall–Kier alpha value is -1.46. The van der Waals surface area contributed by atoms with E-state index in [2.05, 4.69) is 34.6 Å². The van der Waals surface area contributed by atoms with Crippen LogP contribution in [-0.4, -0.2) is 60.9 Å². The van der Waals surface area contributed by atoms with Gasteiger partial charge >= 0.3 is 12.2 Å². The summed E-state index contributed by atoms with van der Waals surface area (Å²) in [6, 6.07) is 0. The maximum Gasteiger partial charge on any atom is 0.410 e. The molecule has 0 aliphatic carbocycles. The third-order valence-electron chi connectivity index (χ3n) is 3.55. The van der Waals surface area contributed by atoms with E-state index in [0.717, 1.165) is 64.7 Å². The third kappa shape index (κ3) is 16.4. The molecular weight excluding hydrogens is 344 g/mol. The molecule has 0 radical (unpaired) electrons.